The standard InChI is InChI=1S/C24H52NO4P/c1-5-6-7-8-9-10-11-12-13-14-15-16-17-20-23-28-30(26,27)29-24-21-18-19-22-25(2,3)4/h5-24H2,1-4H3. The van der Waals surface area contributed by atoms with Crippen molar-refractivity contribution in [3.63, 3.8) is 0 Å². The molecule has 0 aromatic rings. The van der Waals surface area contributed by atoms with Gasteiger partial charge in [-0.3, -0.25) is 4.57 Å². The van der Waals surface area contributed by atoms with Gasteiger partial charge in [-0.25, -0.2) is 0 Å². The molecule has 1 unspecified atom stereocenters. The van der Waals surface area contributed by atoms with Crippen LogP contribution in [0.1, 0.15) is 116 Å². The molecule has 0 aromatic carbocycles. The number of hydrogen-bond acceptors (Lipinski definition) is 4. The van der Waals surface area contributed by atoms with Gasteiger partial charge in [-0.05, 0) is 25.7 Å². The second-order valence-corrected chi connectivity index (χ2v) is 11.2. The summed E-state index contributed by atoms with van der Waals surface area (Å²) >= 11 is 0. The molecule has 1 atom stereocenters. The second-order valence-electron chi connectivity index (χ2n) is 9.78. The fourth-order valence-corrected chi connectivity index (χ4v) is 4.33. The van der Waals surface area contributed by atoms with E-state index >= 15 is 0 Å². The first-order chi connectivity index (χ1) is 14.3. The lowest BCUT2D eigenvalue weighted by atomic mass is 10.0. The van der Waals surface area contributed by atoms with Crippen molar-refractivity contribution in [2.75, 3.05) is 40.9 Å². The van der Waals surface area contributed by atoms with Gasteiger partial charge in [0.15, 0.2) is 0 Å². The number of quaternary nitrogens is 1. The van der Waals surface area contributed by atoms with Crippen molar-refractivity contribution in [3.05, 3.63) is 0 Å². The molecule has 6 heteroatoms. The molecular weight excluding hydrogens is 397 g/mol. The molecule has 0 amide bonds. The van der Waals surface area contributed by atoms with Crippen LogP contribution in [-0.2, 0) is 13.6 Å². The Balaban J connectivity index is 3.33. The van der Waals surface area contributed by atoms with Crippen LogP contribution in [0.5, 0.6) is 0 Å². The van der Waals surface area contributed by atoms with E-state index in [1.807, 2.05) is 0 Å². The molecule has 182 valence electrons. The Bertz CT molecular complexity index is 413. The highest BCUT2D eigenvalue weighted by atomic mass is 31.2. The zero-order valence-electron chi connectivity index (χ0n) is 20.7. The van der Waals surface area contributed by atoms with Crippen LogP contribution in [0.3, 0.4) is 0 Å². The van der Waals surface area contributed by atoms with Crippen LogP contribution in [0.2, 0.25) is 0 Å². The van der Waals surface area contributed by atoms with Gasteiger partial charge in [-0.2, -0.15) is 0 Å². The molecule has 0 radical (unpaired) electrons. The van der Waals surface area contributed by atoms with Gasteiger partial charge in [0, 0.05) is 0 Å². The Morgan fingerprint density at radius 1 is 0.600 bits per heavy atom. The van der Waals surface area contributed by atoms with E-state index in [1.54, 1.807) is 0 Å². The first-order valence-electron chi connectivity index (χ1n) is 12.7. The number of hydrogen-bond donors (Lipinski definition) is 0. The number of nitrogens with zero attached hydrogens (tertiary/aromatic N) is 1. The van der Waals surface area contributed by atoms with Crippen LogP contribution >= 0.6 is 7.82 Å². The molecule has 0 rings (SSSR count). The smallest absolute Gasteiger partial charge is 0.267 e. The molecule has 0 bridgehead atoms. The van der Waals surface area contributed by atoms with E-state index in [0.717, 1.165) is 49.6 Å². The highest BCUT2D eigenvalue weighted by molar-refractivity contribution is 7.45. The van der Waals surface area contributed by atoms with Crippen LogP contribution in [0.15, 0.2) is 0 Å². The van der Waals surface area contributed by atoms with Crippen LogP contribution in [0, 0.1) is 0 Å². The van der Waals surface area contributed by atoms with Crippen molar-refractivity contribution in [1.82, 2.24) is 0 Å². The van der Waals surface area contributed by atoms with Crippen LogP contribution in [-0.4, -0.2) is 45.4 Å². The lowest BCUT2D eigenvalue weighted by Gasteiger charge is -2.24. The van der Waals surface area contributed by atoms with Gasteiger partial charge in [0.2, 0.25) is 0 Å². The second kappa shape index (κ2) is 19.7. The van der Waals surface area contributed by atoms with E-state index < -0.39 is 7.82 Å². The Hall–Kier alpha value is 0.0700. The Morgan fingerprint density at radius 2 is 0.933 bits per heavy atom. The summed E-state index contributed by atoms with van der Waals surface area (Å²) < 4.78 is 22.6. The summed E-state index contributed by atoms with van der Waals surface area (Å²) in [4.78, 5) is 11.7. The van der Waals surface area contributed by atoms with Crippen molar-refractivity contribution < 1.29 is 23.0 Å². The third-order valence-corrected chi connectivity index (χ3v) is 6.47. The Kier molecular flexibility index (Phi) is 19.8. The summed E-state index contributed by atoms with van der Waals surface area (Å²) in [6.45, 7) is 3.84. The normalized spacial score (nSPS) is 14.2. The molecule has 0 heterocycles. The molecule has 0 aliphatic rings. The minimum Gasteiger partial charge on any atom is -0.756 e. The minimum atomic E-state index is -4.11. The molecule has 0 saturated carbocycles. The van der Waals surface area contributed by atoms with Crippen molar-refractivity contribution in [1.29, 1.82) is 0 Å². The van der Waals surface area contributed by atoms with E-state index in [0.29, 0.717) is 0 Å². The summed E-state index contributed by atoms with van der Waals surface area (Å²) in [6, 6.07) is 0. The van der Waals surface area contributed by atoms with Gasteiger partial charge >= 0.3 is 0 Å². The Labute approximate surface area is 188 Å². The van der Waals surface area contributed by atoms with Gasteiger partial charge < -0.3 is 18.4 Å². The van der Waals surface area contributed by atoms with E-state index in [1.165, 1.54) is 70.6 Å². The van der Waals surface area contributed by atoms with Crippen molar-refractivity contribution in [3.8, 4) is 0 Å². The zero-order valence-corrected chi connectivity index (χ0v) is 21.6. The predicted molar refractivity (Wildman–Crippen MR) is 127 cm³/mol. The van der Waals surface area contributed by atoms with Crippen molar-refractivity contribution in [2.24, 2.45) is 0 Å². The molecule has 0 aromatic heterocycles. The summed E-state index contributed by atoms with van der Waals surface area (Å²) in [5, 5.41) is 0. The quantitative estimate of drug-likeness (QED) is 0.0972. The predicted octanol–water partition coefficient (Wildman–Crippen LogP) is 6.85. The van der Waals surface area contributed by atoms with E-state index in [2.05, 4.69) is 28.1 Å². The van der Waals surface area contributed by atoms with Crippen LogP contribution in [0.25, 0.3) is 0 Å². The van der Waals surface area contributed by atoms with E-state index in [9.17, 15) is 9.46 Å². The average molecular weight is 450 g/mol. The molecule has 0 saturated heterocycles. The van der Waals surface area contributed by atoms with Crippen LogP contribution < -0.4 is 4.89 Å². The molecule has 30 heavy (non-hydrogen) atoms. The fraction of sp³-hybridized carbons (Fsp3) is 1.00. The molecule has 5 nitrogen and oxygen atoms in total. The van der Waals surface area contributed by atoms with Gasteiger partial charge in [0.05, 0.1) is 40.9 Å². The third-order valence-electron chi connectivity index (χ3n) is 5.47. The highest BCUT2D eigenvalue weighted by Gasteiger charge is 2.09. The number of phosphoric acid groups is 1. The summed E-state index contributed by atoms with van der Waals surface area (Å²) in [6.07, 6.45) is 20.8. The van der Waals surface area contributed by atoms with Crippen LogP contribution in [0.4, 0.5) is 0 Å². The average Bonchev–Trinajstić information content (AvgIpc) is 2.66. The number of unbranched alkanes of at least 4 members (excludes halogenated alkanes) is 15. The fourth-order valence-electron chi connectivity index (χ4n) is 3.55. The van der Waals surface area contributed by atoms with Gasteiger partial charge in [0.1, 0.15) is 0 Å². The SMILES string of the molecule is CCCCCCCCCCCCCCCCOP(=O)([O-])OCCCCC[N+](C)(C)C. The third kappa shape index (κ3) is 24.3. The Morgan fingerprint density at radius 3 is 1.30 bits per heavy atom. The number of rotatable bonds is 23. The van der Waals surface area contributed by atoms with Gasteiger partial charge in [0.25, 0.3) is 7.82 Å². The van der Waals surface area contributed by atoms with Gasteiger partial charge in [-0.15, -0.1) is 0 Å². The first-order valence-corrected chi connectivity index (χ1v) is 14.1. The minimum absolute atomic E-state index is 0.233. The van der Waals surface area contributed by atoms with E-state index in [4.69, 9.17) is 9.05 Å². The molecule has 0 N–H and O–H groups in total. The highest BCUT2D eigenvalue weighted by Crippen LogP contribution is 2.38. The maximum absolute atomic E-state index is 11.7. The topological polar surface area (TPSA) is 58.6 Å². The summed E-state index contributed by atoms with van der Waals surface area (Å²) in [5.41, 5.74) is 0. The maximum Gasteiger partial charge on any atom is 0.267 e. The van der Waals surface area contributed by atoms with Gasteiger partial charge in [-0.1, -0.05) is 90.4 Å². The van der Waals surface area contributed by atoms with Crippen molar-refractivity contribution >= 4 is 7.82 Å². The lowest BCUT2D eigenvalue weighted by Crippen LogP contribution is -2.35. The number of phosphoric ester groups is 1. The van der Waals surface area contributed by atoms with Crippen molar-refractivity contribution in [2.45, 2.75) is 116 Å². The molecule has 0 spiro atoms. The lowest BCUT2D eigenvalue weighted by molar-refractivity contribution is -0.870. The zero-order chi connectivity index (χ0) is 22.6. The first kappa shape index (κ1) is 30.1. The monoisotopic (exact) mass is 449 g/mol. The molecule has 0 aliphatic carbocycles. The summed E-state index contributed by atoms with van der Waals surface area (Å²) in [7, 11) is 2.37. The summed E-state index contributed by atoms with van der Waals surface area (Å²) in [5.74, 6) is 0. The van der Waals surface area contributed by atoms with E-state index in [-0.39, 0.29) is 13.2 Å². The molecule has 0 fully saturated rings. The largest absolute Gasteiger partial charge is 0.756 e. The maximum atomic E-state index is 11.7. The molecular formula is C24H52NO4P. The molecule has 0 aliphatic heterocycles.